The lowest BCUT2D eigenvalue weighted by atomic mass is 9.99. The zero-order valence-electron chi connectivity index (χ0n) is 52.0. The van der Waals surface area contributed by atoms with E-state index in [1.165, 1.54) is 199 Å². The van der Waals surface area contributed by atoms with Crippen LogP contribution in [0.2, 0.25) is 0 Å². The van der Waals surface area contributed by atoms with Crippen molar-refractivity contribution in [1.82, 2.24) is 5.32 Å². The van der Waals surface area contributed by atoms with E-state index in [2.05, 4.69) is 62.5 Å². The molecule has 0 spiro atoms. The number of hydrogen-bond donors (Lipinski definition) is 6. The van der Waals surface area contributed by atoms with Gasteiger partial charge in [-0.15, -0.1) is 0 Å². The zero-order chi connectivity index (χ0) is 58.2. The number of esters is 1. The Morgan fingerprint density at radius 2 is 0.863 bits per heavy atom. The van der Waals surface area contributed by atoms with Crippen molar-refractivity contribution in [3.8, 4) is 0 Å². The Labute approximate surface area is 491 Å². The highest BCUT2D eigenvalue weighted by atomic mass is 16.7. The molecule has 11 nitrogen and oxygen atoms in total. The number of amides is 1. The average molecular weight is 1130 g/mol. The van der Waals surface area contributed by atoms with Crippen LogP contribution in [0.15, 0.2) is 48.6 Å². The molecule has 6 N–H and O–H groups in total. The number of allylic oxidation sites excluding steroid dienone is 7. The van der Waals surface area contributed by atoms with Gasteiger partial charge in [-0.3, -0.25) is 9.59 Å². The molecule has 8 unspecified atom stereocenters. The van der Waals surface area contributed by atoms with Crippen LogP contribution in [-0.2, 0) is 23.8 Å². The van der Waals surface area contributed by atoms with Gasteiger partial charge in [0.2, 0.25) is 5.91 Å². The standard InChI is InChI=1S/C69H127NO10/c1-4-7-10-13-16-19-22-25-27-29-31-33-34-36-38-41-44-47-50-53-56-62(73)68(77)70-60(61(72)55-52-49-46-43-40-24-21-18-15-12-9-6-3)59-78-69-67(66(76)65(75)63(58-71)79-69)80-64(74)57-54-51-48-45-42-39-37-35-32-30-28-26-23-20-17-14-11-8-5-2/h16,19,25-28,52,55,60-63,65-67,69,71-73,75-76H,4-15,17-18,20-24,29-51,53-54,56-59H2,1-3H3,(H,70,77)/b19-16-,27-25-,28-26+,55-52+. The number of aliphatic hydroxyl groups excluding tert-OH is 5. The van der Waals surface area contributed by atoms with Crippen molar-refractivity contribution in [1.29, 1.82) is 0 Å². The molecule has 1 heterocycles. The van der Waals surface area contributed by atoms with Gasteiger partial charge in [0.1, 0.15) is 24.4 Å². The van der Waals surface area contributed by atoms with E-state index < -0.39 is 67.4 Å². The molecule has 0 aromatic heterocycles. The Hall–Kier alpha value is -2.38. The van der Waals surface area contributed by atoms with E-state index in [4.69, 9.17) is 14.2 Å². The van der Waals surface area contributed by atoms with E-state index in [0.29, 0.717) is 12.8 Å². The first-order valence-corrected chi connectivity index (χ1v) is 33.9. The minimum atomic E-state index is -1.61. The molecule has 0 aromatic carbocycles. The molecule has 11 heteroatoms. The molecule has 0 saturated carbocycles. The summed E-state index contributed by atoms with van der Waals surface area (Å²) in [7, 11) is 0. The Kier molecular flexibility index (Phi) is 54.0. The molecule has 1 rings (SSSR count). The van der Waals surface area contributed by atoms with E-state index in [0.717, 1.165) is 70.6 Å². The summed E-state index contributed by atoms with van der Waals surface area (Å²) in [5.41, 5.74) is 0. The Morgan fingerprint density at radius 3 is 1.31 bits per heavy atom. The third-order valence-electron chi connectivity index (χ3n) is 16.0. The van der Waals surface area contributed by atoms with Crippen LogP contribution < -0.4 is 5.32 Å². The van der Waals surface area contributed by atoms with E-state index in [9.17, 15) is 35.1 Å². The fourth-order valence-corrected chi connectivity index (χ4v) is 10.6. The smallest absolute Gasteiger partial charge is 0.306 e. The number of unbranched alkanes of at least 4 members (excludes halogenated alkanes) is 38. The highest BCUT2D eigenvalue weighted by Gasteiger charge is 2.47. The fraction of sp³-hybridized carbons (Fsp3) is 0.855. The zero-order valence-corrected chi connectivity index (χ0v) is 52.0. The lowest BCUT2D eigenvalue weighted by molar-refractivity contribution is -0.305. The van der Waals surface area contributed by atoms with E-state index >= 15 is 0 Å². The second kappa shape index (κ2) is 57.1. The van der Waals surface area contributed by atoms with E-state index in [1.807, 2.05) is 6.08 Å². The highest BCUT2D eigenvalue weighted by molar-refractivity contribution is 5.80. The molecule has 0 aliphatic carbocycles. The Morgan fingerprint density at radius 1 is 0.487 bits per heavy atom. The number of carbonyl (C=O) groups excluding carboxylic acids is 2. The molecule has 0 radical (unpaired) electrons. The fourth-order valence-electron chi connectivity index (χ4n) is 10.6. The second-order valence-corrected chi connectivity index (χ2v) is 23.6. The van der Waals surface area contributed by atoms with Crippen molar-refractivity contribution in [2.45, 2.75) is 365 Å². The molecular weight excluding hydrogens is 1000 g/mol. The molecular formula is C69H127NO10. The summed E-state index contributed by atoms with van der Waals surface area (Å²) in [6.07, 6.45) is 60.0. The molecule has 1 amide bonds. The number of aliphatic hydroxyl groups is 5. The third-order valence-corrected chi connectivity index (χ3v) is 16.0. The number of nitrogens with one attached hydrogen (secondary N) is 1. The van der Waals surface area contributed by atoms with Gasteiger partial charge in [0.05, 0.1) is 25.4 Å². The molecule has 0 aromatic rings. The van der Waals surface area contributed by atoms with Crippen LogP contribution in [0.1, 0.15) is 316 Å². The Bertz CT molecular complexity index is 1490. The van der Waals surface area contributed by atoms with Crippen LogP contribution in [0, 0.1) is 0 Å². The van der Waals surface area contributed by atoms with Gasteiger partial charge >= 0.3 is 5.97 Å². The number of carbonyl (C=O) groups is 2. The van der Waals surface area contributed by atoms with Gasteiger partial charge < -0.3 is 45.1 Å². The number of hydrogen-bond acceptors (Lipinski definition) is 10. The normalized spacial score (nSPS) is 19.0. The van der Waals surface area contributed by atoms with Crippen LogP contribution in [0.4, 0.5) is 0 Å². The van der Waals surface area contributed by atoms with Gasteiger partial charge in [-0.1, -0.05) is 275 Å². The highest BCUT2D eigenvalue weighted by Crippen LogP contribution is 2.26. The largest absolute Gasteiger partial charge is 0.454 e. The van der Waals surface area contributed by atoms with Crippen molar-refractivity contribution in [2.24, 2.45) is 0 Å². The molecule has 80 heavy (non-hydrogen) atoms. The van der Waals surface area contributed by atoms with Gasteiger partial charge in [-0.25, -0.2) is 0 Å². The number of rotatable bonds is 58. The summed E-state index contributed by atoms with van der Waals surface area (Å²) in [6, 6.07) is -1.02. The first kappa shape index (κ1) is 75.6. The maximum atomic E-state index is 13.5. The van der Waals surface area contributed by atoms with E-state index in [-0.39, 0.29) is 19.4 Å². The van der Waals surface area contributed by atoms with Gasteiger partial charge in [0.15, 0.2) is 12.4 Å². The van der Waals surface area contributed by atoms with Crippen LogP contribution in [-0.4, -0.2) is 99.6 Å². The van der Waals surface area contributed by atoms with Crippen LogP contribution >= 0.6 is 0 Å². The second-order valence-electron chi connectivity index (χ2n) is 23.6. The lowest BCUT2D eigenvalue weighted by Crippen LogP contribution is -2.61. The Balaban J connectivity index is 2.62. The van der Waals surface area contributed by atoms with E-state index in [1.54, 1.807) is 6.08 Å². The van der Waals surface area contributed by atoms with Crippen LogP contribution in [0.5, 0.6) is 0 Å². The monoisotopic (exact) mass is 1130 g/mol. The van der Waals surface area contributed by atoms with Crippen molar-refractivity contribution < 1.29 is 49.3 Å². The number of ether oxygens (including phenoxy) is 3. The van der Waals surface area contributed by atoms with Gasteiger partial charge in [-0.05, 0) is 83.5 Å². The molecule has 0 bridgehead atoms. The molecule has 468 valence electrons. The van der Waals surface area contributed by atoms with Gasteiger partial charge in [0.25, 0.3) is 0 Å². The molecule has 8 atom stereocenters. The maximum absolute atomic E-state index is 13.5. The minimum Gasteiger partial charge on any atom is -0.454 e. The SMILES string of the molecule is CCCCC/C=C\C/C=C\CCCCCCCCCCCCC(O)C(=O)NC(COC1OC(CO)C(O)C(O)C1OC(=O)CCCCCCCCCCC/C=C/CCCCCCCC)C(O)/C=C/CCCCCCCCCCCC. The predicted molar refractivity (Wildman–Crippen MR) is 334 cm³/mol. The van der Waals surface area contributed by atoms with Crippen LogP contribution in [0.25, 0.3) is 0 Å². The van der Waals surface area contributed by atoms with Crippen molar-refractivity contribution in [2.75, 3.05) is 13.2 Å². The summed E-state index contributed by atoms with van der Waals surface area (Å²) < 4.78 is 17.7. The van der Waals surface area contributed by atoms with Gasteiger partial charge in [-0.2, -0.15) is 0 Å². The van der Waals surface area contributed by atoms with Crippen LogP contribution in [0.3, 0.4) is 0 Å². The topological polar surface area (TPSA) is 175 Å². The summed E-state index contributed by atoms with van der Waals surface area (Å²) in [5, 5.41) is 57.1. The summed E-state index contributed by atoms with van der Waals surface area (Å²) >= 11 is 0. The lowest BCUT2D eigenvalue weighted by Gasteiger charge is -2.41. The molecule has 1 aliphatic rings. The summed E-state index contributed by atoms with van der Waals surface area (Å²) in [5.74, 6) is -1.19. The predicted octanol–water partition coefficient (Wildman–Crippen LogP) is 16.8. The minimum absolute atomic E-state index is 0.123. The average Bonchev–Trinajstić information content (AvgIpc) is 3.45. The molecule has 1 aliphatic heterocycles. The maximum Gasteiger partial charge on any atom is 0.306 e. The van der Waals surface area contributed by atoms with Crippen molar-refractivity contribution >= 4 is 11.9 Å². The first-order valence-electron chi connectivity index (χ1n) is 33.9. The van der Waals surface area contributed by atoms with Crippen molar-refractivity contribution in [3.63, 3.8) is 0 Å². The summed E-state index contributed by atoms with van der Waals surface area (Å²) in [4.78, 5) is 26.6. The first-order chi connectivity index (χ1) is 39.2. The quantitative estimate of drug-likeness (QED) is 0.0195. The summed E-state index contributed by atoms with van der Waals surface area (Å²) in [6.45, 7) is 5.79. The van der Waals surface area contributed by atoms with Gasteiger partial charge in [0, 0.05) is 6.42 Å². The third kappa shape index (κ3) is 44.2. The van der Waals surface area contributed by atoms with Crippen molar-refractivity contribution in [3.05, 3.63) is 48.6 Å². The molecule has 1 saturated heterocycles. The molecule has 1 fully saturated rings.